The van der Waals surface area contributed by atoms with Crippen LogP contribution in [0.1, 0.15) is 59.3 Å². The van der Waals surface area contributed by atoms with Crippen LogP contribution in [0.25, 0.3) is 0 Å². The number of ether oxygens (including phenoxy) is 1. The van der Waals surface area contributed by atoms with E-state index in [1.165, 1.54) is 5.56 Å². The summed E-state index contributed by atoms with van der Waals surface area (Å²) in [6.45, 7) is 13.9. The van der Waals surface area contributed by atoms with Gasteiger partial charge in [-0.2, -0.15) is 0 Å². The van der Waals surface area contributed by atoms with Crippen molar-refractivity contribution in [2.24, 2.45) is 0 Å². The number of hydrogen-bond donors (Lipinski definition) is 3. The molecule has 1 fully saturated rings. The molecule has 2 aliphatic heterocycles. The Balaban J connectivity index is 0.000000229. The molecule has 0 radical (unpaired) electrons. The van der Waals surface area contributed by atoms with E-state index in [-0.39, 0.29) is 18.0 Å². The Morgan fingerprint density at radius 3 is 2.00 bits per heavy atom. The van der Waals surface area contributed by atoms with Gasteiger partial charge in [0.25, 0.3) is 0 Å². The van der Waals surface area contributed by atoms with Crippen LogP contribution in [0.2, 0.25) is 0 Å². The van der Waals surface area contributed by atoms with Gasteiger partial charge in [0.2, 0.25) is 0 Å². The maximum Gasteiger partial charge on any atom is 0.127 e. The van der Waals surface area contributed by atoms with Crippen molar-refractivity contribution in [1.82, 2.24) is 10.2 Å². The Labute approximate surface area is 234 Å². The van der Waals surface area contributed by atoms with E-state index in [0.717, 1.165) is 85.6 Å². The summed E-state index contributed by atoms with van der Waals surface area (Å²) in [5.74, 6) is 1.46. The monoisotopic (exact) mass is 538 g/mol. The zero-order valence-corrected chi connectivity index (χ0v) is 24.0. The number of nitrogens with one attached hydrogen (secondary N) is 1. The van der Waals surface area contributed by atoms with Crippen LogP contribution in [-0.4, -0.2) is 53.4 Å². The van der Waals surface area contributed by atoms with Crippen molar-refractivity contribution in [3.05, 3.63) is 94.0 Å². The highest BCUT2D eigenvalue weighted by molar-refractivity contribution is 5.85. The number of fused-ring (bicyclic) bond motifs is 1. The molecule has 5 nitrogen and oxygen atoms in total. The molecule has 0 spiro atoms. The van der Waals surface area contributed by atoms with Crippen molar-refractivity contribution >= 4 is 12.4 Å². The molecule has 2 aliphatic rings. The molecule has 1 atom stereocenters. The van der Waals surface area contributed by atoms with Crippen LogP contribution in [0.15, 0.2) is 60.7 Å². The lowest BCUT2D eigenvalue weighted by molar-refractivity contribution is 0.0421. The second-order valence-corrected chi connectivity index (χ2v) is 10.6. The van der Waals surface area contributed by atoms with E-state index in [0.29, 0.717) is 5.75 Å². The lowest BCUT2D eigenvalue weighted by Crippen LogP contribution is -2.46. The molecule has 0 aliphatic carbocycles. The first-order valence-electron chi connectivity index (χ1n) is 13.5. The van der Waals surface area contributed by atoms with Crippen molar-refractivity contribution in [3.8, 4) is 11.5 Å². The predicted octanol–water partition coefficient (Wildman–Crippen LogP) is 5.89. The Morgan fingerprint density at radius 1 is 0.895 bits per heavy atom. The molecule has 0 saturated carbocycles. The van der Waals surface area contributed by atoms with E-state index in [1.54, 1.807) is 0 Å². The molecule has 206 valence electrons. The zero-order valence-electron chi connectivity index (χ0n) is 23.2. The van der Waals surface area contributed by atoms with Crippen molar-refractivity contribution in [2.75, 3.05) is 32.7 Å². The fourth-order valence-electron chi connectivity index (χ4n) is 5.26. The average molecular weight is 539 g/mol. The fourth-order valence-corrected chi connectivity index (χ4v) is 5.26. The van der Waals surface area contributed by atoms with Crippen LogP contribution in [-0.2, 0) is 6.42 Å². The summed E-state index contributed by atoms with van der Waals surface area (Å²) < 4.78 is 6.50. The van der Waals surface area contributed by atoms with Gasteiger partial charge < -0.3 is 25.2 Å². The lowest BCUT2D eigenvalue weighted by atomic mass is 9.85. The zero-order chi connectivity index (χ0) is 26.4. The first kappa shape index (κ1) is 30.0. The van der Waals surface area contributed by atoms with E-state index < -0.39 is 6.10 Å². The van der Waals surface area contributed by atoms with Gasteiger partial charge in [-0.1, -0.05) is 60.7 Å². The van der Waals surface area contributed by atoms with E-state index in [1.807, 2.05) is 74.5 Å². The summed E-state index contributed by atoms with van der Waals surface area (Å²) in [5, 5.41) is 23.7. The molecular formula is C32H43ClN2O3. The first-order chi connectivity index (χ1) is 17.8. The van der Waals surface area contributed by atoms with E-state index in [4.69, 9.17) is 4.74 Å². The van der Waals surface area contributed by atoms with Gasteiger partial charge in [-0.25, -0.2) is 0 Å². The normalized spacial score (nSPS) is 19.0. The van der Waals surface area contributed by atoms with Crippen LogP contribution >= 0.6 is 12.4 Å². The van der Waals surface area contributed by atoms with Gasteiger partial charge in [0.05, 0.1) is 0 Å². The summed E-state index contributed by atoms with van der Waals surface area (Å²) in [6.07, 6.45) is 2.56. The van der Waals surface area contributed by atoms with E-state index in [2.05, 4.69) is 24.1 Å². The number of phenols is 1. The average Bonchev–Trinajstić information content (AvgIpc) is 2.95. The Morgan fingerprint density at radius 2 is 1.45 bits per heavy atom. The number of nitrogens with zero attached hydrogens (tertiary/aromatic N) is 1. The molecule has 1 unspecified atom stereocenters. The quantitative estimate of drug-likeness (QED) is 0.378. The third-order valence-corrected chi connectivity index (χ3v) is 7.99. The van der Waals surface area contributed by atoms with Gasteiger partial charge in [0, 0.05) is 38.3 Å². The molecule has 0 amide bonds. The van der Waals surface area contributed by atoms with Crippen LogP contribution < -0.4 is 10.1 Å². The molecule has 0 bridgehead atoms. The standard InChI is InChI=1S/C19H30N2O2.C13H12O.ClH/c1-13-14(2)18-16(15(3)17(13)22)5-6-19(4,23-18)7-10-21-11-8-20-9-12-21;14-13(11-7-3-1-4-8-11)12-9-5-2-6-10-12;/h20,22H,5-12H2,1-4H3;1-10,13-14H;1H. The second kappa shape index (κ2) is 13.5. The molecule has 3 aromatic rings. The number of halogens is 1. The third-order valence-electron chi connectivity index (χ3n) is 7.99. The molecular weight excluding hydrogens is 496 g/mol. The van der Waals surface area contributed by atoms with Gasteiger partial charge in [0.15, 0.2) is 0 Å². The highest BCUT2D eigenvalue weighted by Gasteiger charge is 2.34. The Hall–Kier alpha value is -2.57. The summed E-state index contributed by atoms with van der Waals surface area (Å²) in [4.78, 5) is 2.53. The second-order valence-electron chi connectivity index (χ2n) is 10.6. The maximum absolute atomic E-state index is 10.3. The van der Waals surface area contributed by atoms with Crippen LogP contribution in [0, 0.1) is 20.8 Å². The van der Waals surface area contributed by atoms with Crippen LogP contribution in [0.3, 0.4) is 0 Å². The maximum atomic E-state index is 10.3. The number of hydrogen-bond acceptors (Lipinski definition) is 5. The minimum atomic E-state index is -0.516. The van der Waals surface area contributed by atoms with Gasteiger partial charge in [-0.05, 0) is 74.8 Å². The van der Waals surface area contributed by atoms with Crippen molar-refractivity contribution in [3.63, 3.8) is 0 Å². The molecule has 5 rings (SSSR count). The van der Waals surface area contributed by atoms with E-state index >= 15 is 0 Å². The third kappa shape index (κ3) is 7.09. The van der Waals surface area contributed by atoms with Gasteiger partial charge >= 0.3 is 0 Å². The number of benzene rings is 3. The Bertz CT molecular complexity index is 1130. The van der Waals surface area contributed by atoms with E-state index in [9.17, 15) is 10.2 Å². The number of piperazine rings is 1. The summed E-state index contributed by atoms with van der Waals surface area (Å²) in [5.41, 5.74) is 6.00. The number of aliphatic hydroxyl groups is 1. The largest absolute Gasteiger partial charge is 0.507 e. The fraction of sp³-hybridized carbons (Fsp3) is 0.438. The van der Waals surface area contributed by atoms with Crippen molar-refractivity contribution in [2.45, 2.75) is 58.7 Å². The van der Waals surface area contributed by atoms with Crippen molar-refractivity contribution < 1.29 is 14.9 Å². The number of phenolic OH excluding ortho intramolecular Hbond substituents is 1. The minimum absolute atomic E-state index is 0. The SMILES string of the molecule is Cc1c(C)c2c(c(C)c1O)CCC(C)(CCN1CCNCC1)O2.Cl.OC(c1ccccc1)c1ccccc1. The van der Waals surface area contributed by atoms with Crippen LogP contribution in [0.5, 0.6) is 11.5 Å². The summed E-state index contributed by atoms with van der Waals surface area (Å²) in [6, 6.07) is 19.3. The van der Waals surface area contributed by atoms with Gasteiger partial charge in [-0.15, -0.1) is 12.4 Å². The highest BCUT2D eigenvalue weighted by Crippen LogP contribution is 2.44. The number of aromatic hydroxyl groups is 1. The topological polar surface area (TPSA) is 65.0 Å². The Kier molecular flexibility index (Phi) is 10.6. The molecule has 3 aromatic carbocycles. The minimum Gasteiger partial charge on any atom is -0.507 e. The molecule has 38 heavy (non-hydrogen) atoms. The summed E-state index contributed by atoms with van der Waals surface area (Å²) in [7, 11) is 0. The molecule has 1 saturated heterocycles. The number of rotatable bonds is 5. The number of aliphatic hydroxyl groups excluding tert-OH is 1. The predicted molar refractivity (Wildman–Crippen MR) is 158 cm³/mol. The smallest absolute Gasteiger partial charge is 0.127 e. The van der Waals surface area contributed by atoms with Crippen molar-refractivity contribution in [1.29, 1.82) is 0 Å². The van der Waals surface area contributed by atoms with Crippen LogP contribution in [0.4, 0.5) is 0 Å². The molecule has 6 heteroatoms. The van der Waals surface area contributed by atoms with Gasteiger partial charge in [-0.3, -0.25) is 0 Å². The highest BCUT2D eigenvalue weighted by atomic mass is 35.5. The molecule has 3 N–H and O–H groups in total. The lowest BCUT2D eigenvalue weighted by Gasteiger charge is -2.39. The van der Waals surface area contributed by atoms with Gasteiger partial charge in [0.1, 0.15) is 23.2 Å². The molecule has 0 aromatic heterocycles. The molecule has 2 heterocycles. The summed E-state index contributed by atoms with van der Waals surface area (Å²) >= 11 is 0. The first-order valence-corrected chi connectivity index (χ1v) is 13.5.